The van der Waals surface area contributed by atoms with Crippen molar-refractivity contribution < 1.29 is 4.74 Å². The average molecular weight is 216 g/mol. The summed E-state index contributed by atoms with van der Waals surface area (Å²) in [4.78, 5) is 4.15. The zero-order valence-corrected chi connectivity index (χ0v) is 9.68. The van der Waals surface area contributed by atoms with Gasteiger partial charge in [-0.1, -0.05) is 0 Å². The maximum atomic E-state index is 5.12. The van der Waals surface area contributed by atoms with Crippen LogP contribution in [-0.2, 0) is 11.3 Å². The number of aromatic nitrogens is 2. The summed E-state index contributed by atoms with van der Waals surface area (Å²) in [6.07, 6.45) is 3.68. The quantitative estimate of drug-likeness (QED) is 0.785. The Morgan fingerprint density at radius 2 is 2.19 bits per heavy atom. The minimum Gasteiger partial charge on any atom is -0.383 e. The highest BCUT2D eigenvalue weighted by Gasteiger charge is 2.06. The third-order valence-corrected chi connectivity index (χ3v) is 2.68. The minimum atomic E-state index is 0.725. The van der Waals surface area contributed by atoms with Crippen molar-refractivity contribution in [3.8, 4) is 11.3 Å². The maximum Gasteiger partial charge on any atom is 0.0642 e. The van der Waals surface area contributed by atoms with Gasteiger partial charge in [0.25, 0.3) is 0 Å². The lowest BCUT2D eigenvalue weighted by molar-refractivity contribution is 0.187. The number of rotatable bonds is 4. The lowest BCUT2D eigenvalue weighted by atomic mass is 10.2. The Balaban J connectivity index is 2.34. The molecule has 0 saturated carbocycles. The van der Waals surface area contributed by atoms with Gasteiger partial charge in [0.2, 0.25) is 0 Å². The first-order valence-corrected chi connectivity index (χ1v) is 5.38. The molecule has 0 bridgehead atoms. The van der Waals surface area contributed by atoms with Crippen LogP contribution in [0.2, 0.25) is 0 Å². The van der Waals surface area contributed by atoms with Crippen LogP contribution < -0.4 is 0 Å². The molecule has 3 heteroatoms. The summed E-state index contributed by atoms with van der Waals surface area (Å²) >= 11 is 0. The molecule has 84 valence electrons. The molecule has 0 spiro atoms. The van der Waals surface area contributed by atoms with Gasteiger partial charge < -0.3 is 9.30 Å². The Hall–Kier alpha value is -1.61. The molecule has 2 heterocycles. The zero-order valence-electron chi connectivity index (χ0n) is 9.68. The van der Waals surface area contributed by atoms with Crippen LogP contribution in [0, 0.1) is 6.92 Å². The molecular formula is C13H16N2O. The molecule has 0 aliphatic heterocycles. The van der Waals surface area contributed by atoms with E-state index >= 15 is 0 Å². The van der Waals surface area contributed by atoms with Gasteiger partial charge >= 0.3 is 0 Å². The van der Waals surface area contributed by atoms with Gasteiger partial charge in [0, 0.05) is 43.0 Å². The van der Waals surface area contributed by atoms with E-state index < -0.39 is 0 Å². The predicted octanol–water partition coefficient (Wildman–Crippen LogP) is 2.50. The van der Waals surface area contributed by atoms with Gasteiger partial charge in [-0.15, -0.1) is 0 Å². The molecule has 0 aliphatic carbocycles. The van der Waals surface area contributed by atoms with Crippen LogP contribution in [0.15, 0.2) is 36.7 Å². The Morgan fingerprint density at radius 3 is 2.88 bits per heavy atom. The SMILES string of the molecule is COCCn1c(C)ccc1-c1cccnc1. The molecule has 2 aromatic rings. The van der Waals surface area contributed by atoms with Crippen LogP contribution in [0.1, 0.15) is 5.69 Å². The van der Waals surface area contributed by atoms with E-state index in [1.165, 1.54) is 11.4 Å². The number of pyridine rings is 1. The first-order valence-electron chi connectivity index (χ1n) is 5.38. The average Bonchev–Trinajstić information content (AvgIpc) is 2.69. The van der Waals surface area contributed by atoms with Gasteiger partial charge in [0.15, 0.2) is 0 Å². The molecule has 16 heavy (non-hydrogen) atoms. The fraction of sp³-hybridized carbons (Fsp3) is 0.308. The van der Waals surface area contributed by atoms with Crippen molar-refractivity contribution in [3.05, 3.63) is 42.4 Å². The Bertz CT molecular complexity index is 448. The summed E-state index contributed by atoms with van der Waals surface area (Å²) in [6, 6.07) is 8.28. The lowest BCUT2D eigenvalue weighted by Gasteiger charge is -2.10. The first-order chi connectivity index (χ1) is 7.83. The third kappa shape index (κ3) is 2.14. The van der Waals surface area contributed by atoms with Crippen molar-refractivity contribution in [1.82, 2.24) is 9.55 Å². The molecule has 0 N–H and O–H groups in total. The summed E-state index contributed by atoms with van der Waals surface area (Å²) in [7, 11) is 1.72. The van der Waals surface area contributed by atoms with Crippen LogP contribution in [0.4, 0.5) is 0 Å². The molecule has 2 rings (SSSR count). The van der Waals surface area contributed by atoms with E-state index in [1.807, 2.05) is 12.3 Å². The molecule has 0 unspecified atom stereocenters. The number of hydrogen-bond acceptors (Lipinski definition) is 2. The van der Waals surface area contributed by atoms with Gasteiger partial charge in [-0.3, -0.25) is 4.98 Å². The normalized spacial score (nSPS) is 10.6. The van der Waals surface area contributed by atoms with Gasteiger partial charge in [0.1, 0.15) is 0 Å². The maximum absolute atomic E-state index is 5.12. The number of nitrogens with zero attached hydrogens (tertiary/aromatic N) is 2. The van der Waals surface area contributed by atoms with E-state index in [0.717, 1.165) is 18.7 Å². The smallest absolute Gasteiger partial charge is 0.0642 e. The fourth-order valence-electron chi connectivity index (χ4n) is 1.82. The van der Waals surface area contributed by atoms with Crippen molar-refractivity contribution >= 4 is 0 Å². The highest BCUT2D eigenvalue weighted by molar-refractivity contribution is 5.59. The van der Waals surface area contributed by atoms with Crippen molar-refractivity contribution in [1.29, 1.82) is 0 Å². The summed E-state index contributed by atoms with van der Waals surface area (Å²) in [6.45, 7) is 3.71. The first kappa shape index (κ1) is 10.9. The highest BCUT2D eigenvalue weighted by atomic mass is 16.5. The Labute approximate surface area is 95.7 Å². The second-order valence-corrected chi connectivity index (χ2v) is 3.75. The molecule has 0 aliphatic rings. The molecule has 0 aromatic carbocycles. The fourth-order valence-corrected chi connectivity index (χ4v) is 1.82. The van der Waals surface area contributed by atoms with Crippen LogP contribution >= 0.6 is 0 Å². The molecule has 2 aromatic heterocycles. The van der Waals surface area contributed by atoms with Crippen LogP contribution in [0.3, 0.4) is 0 Å². The second-order valence-electron chi connectivity index (χ2n) is 3.75. The largest absolute Gasteiger partial charge is 0.383 e. The van der Waals surface area contributed by atoms with Crippen molar-refractivity contribution in [2.45, 2.75) is 13.5 Å². The standard InChI is InChI=1S/C13H16N2O/c1-11-5-6-13(15(11)8-9-16-2)12-4-3-7-14-10-12/h3-7,10H,8-9H2,1-2H3. The van der Waals surface area contributed by atoms with Crippen LogP contribution in [0.5, 0.6) is 0 Å². The van der Waals surface area contributed by atoms with Crippen molar-refractivity contribution in [3.63, 3.8) is 0 Å². The predicted molar refractivity (Wildman–Crippen MR) is 64.3 cm³/mol. The number of methoxy groups -OCH3 is 1. The van der Waals surface area contributed by atoms with Crippen molar-refractivity contribution in [2.24, 2.45) is 0 Å². The number of aryl methyl sites for hydroxylation is 1. The summed E-state index contributed by atoms with van der Waals surface area (Å²) in [5.41, 5.74) is 3.59. The lowest BCUT2D eigenvalue weighted by Crippen LogP contribution is -2.07. The Kier molecular flexibility index (Phi) is 3.37. The molecule has 3 nitrogen and oxygen atoms in total. The van der Waals surface area contributed by atoms with Gasteiger partial charge in [0.05, 0.1) is 6.61 Å². The second kappa shape index (κ2) is 4.94. The van der Waals surface area contributed by atoms with E-state index in [0.29, 0.717) is 0 Å². The van der Waals surface area contributed by atoms with E-state index in [-0.39, 0.29) is 0 Å². The van der Waals surface area contributed by atoms with Crippen LogP contribution in [0.25, 0.3) is 11.3 Å². The molecular weight excluding hydrogens is 200 g/mol. The summed E-state index contributed by atoms with van der Waals surface area (Å²) in [5.74, 6) is 0. The summed E-state index contributed by atoms with van der Waals surface area (Å²) < 4.78 is 7.38. The van der Waals surface area contributed by atoms with Gasteiger partial charge in [-0.05, 0) is 31.2 Å². The van der Waals surface area contributed by atoms with Crippen LogP contribution in [-0.4, -0.2) is 23.3 Å². The summed E-state index contributed by atoms with van der Waals surface area (Å²) in [5, 5.41) is 0. The van der Waals surface area contributed by atoms with E-state index in [1.54, 1.807) is 13.3 Å². The molecule has 0 radical (unpaired) electrons. The van der Waals surface area contributed by atoms with E-state index in [2.05, 4.69) is 34.7 Å². The zero-order chi connectivity index (χ0) is 11.4. The monoisotopic (exact) mass is 216 g/mol. The highest BCUT2D eigenvalue weighted by Crippen LogP contribution is 2.21. The molecule has 0 saturated heterocycles. The van der Waals surface area contributed by atoms with Gasteiger partial charge in [-0.2, -0.15) is 0 Å². The third-order valence-electron chi connectivity index (χ3n) is 2.68. The van der Waals surface area contributed by atoms with Crippen molar-refractivity contribution in [2.75, 3.05) is 13.7 Å². The number of hydrogen-bond donors (Lipinski definition) is 0. The van der Waals surface area contributed by atoms with Gasteiger partial charge in [-0.25, -0.2) is 0 Å². The molecule has 0 fully saturated rings. The topological polar surface area (TPSA) is 27.1 Å². The Morgan fingerprint density at radius 1 is 1.31 bits per heavy atom. The number of ether oxygens (including phenoxy) is 1. The molecule has 0 atom stereocenters. The minimum absolute atomic E-state index is 0.725. The molecule has 0 amide bonds. The van der Waals surface area contributed by atoms with E-state index in [4.69, 9.17) is 4.74 Å². The van der Waals surface area contributed by atoms with E-state index in [9.17, 15) is 0 Å².